The van der Waals surface area contributed by atoms with Gasteiger partial charge in [0.05, 0.1) is 6.54 Å². The average molecular weight is 179 g/mol. The number of likely N-dealkylation sites (tertiary alicyclic amines) is 1. The number of rotatable bonds is 3. The van der Waals surface area contributed by atoms with E-state index in [1.54, 1.807) is 0 Å². The van der Waals surface area contributed by atoms with Crippen LogP contribution in [0.3, 0.4) is 0 Å². The maximum atomic E-state index is 4.19. The Hall–Kier alpha value is -0.830. The van der Waals surface area contributed by atoms with Gasteiger partial charge in [0, 0.05) is 25.5 Å². The Labute approximate surface area is 79.3 Å². The summed E-state index contributed by atoms with van der Waals surface area (Å²) >= 11 is 0. The van der Waals surface area contributed by atoms with E-state index in [9.17, 15) is 0 Å². The summed E-state index contributed by atoms with van der Waals surface area (Å²) in [5, 5.41) is 4.19. The zero-order valence-electron chi connectivity index (χ0n) is 8.19. The molecule has 2 rings (SSSR count). The van der Waals surface area contributed by atoms with Gasteiger partial charge in [-0.2, -0.15) is 5.10 Å². The molecule has 0 radical (unpaired) electrons. The van der Waals surface area contributed by atoms with Crippen LogP contribution in [0.25, 0.3) is 0 Å². The lowest BCUT2D eigenvalue weighted by Gasteiger charge is -2.14. The number of hydrogen-bond acceptors (Lipinski definition) is 2. The molecule has 0 amide bonds. The summed E-state index contributed by atoms with van der Waals surface area (Å²) in [6, 6.07) is 1.98. The predicted molar refractivity (Wildman–Crippen MR) is 52.4 cm³/mol. The first-order chi connectivity index (χ1) is 6.34. The Morgan fingerprint density at radius 3 is 3.00 bits per heavy atom. The molecule has 72 valence electrons. The van der Waals surface area contributed by atoms with Crippen LogP contribution in [0, 0.1) is 5.92 Å². The first-order valence-electron chi connectivity index (χ1n) is 5.04. The van der Waals surface area contributed by atoms with Crippen LogP contribution < -0.4 is 0 Å². The van der Waals surface area contributed by atoms with Crippen LogP contribution in [0.2, 0.25) is 0 Å². The minimum atomic E-state index is 0.887. The molecule has 0 aromatic carbocycles. The van der Waals surface area contributed by atoms with E-state index in [4.69, 9.17) is 0 Å². The molecule has 0 unspecified atom stereocenters. The van der Waals surface area contributed by atoms with Crippen molar-refractivity contribution in [3.8, 4) is 0 Å². The third kappa shape index (κ3) is 2.31. The Morgan fingerprint density at radius 1 is 1.46 bits per heavy atom. The fourth-order valence-electron chi connectivity index (χ4n) is 1.91. The van der Waals surface area contributed by atoms with E-state index in [1.807, 2.05) is 23.1 Å². The van der Waals surface area contributed by atoms with Gasteiger partial charge in [-0.1, -0.05) is 6.92 Å². The highest BCUT2D eigenvalue weighted by Gasteiger charge is 2.17. The van der Waals surface area contributed by atoms with E-state index in [2.05, 4.69) is 16.9 Å². The molecule has 13 heavy (non-hydrogen) atoms. The van der Waals surface area contributed by atoms with Crippen molar-refractivity contribution in [3.05, 3.63) is 18.5 Å². The summed E-state index contributed by atoms with van der Waals surface area (Å²) in [5.74, 6) is 0.887. The molecule has 3 heteroatoms. The minimum Gasteiger partial charge on any atom is -0.301 e. The van der Waals surface area contributed by atoms with E-state index in [-0.39, 0.29) is 0 Å². The third-order valence-electron chi connectivity index (χ3n) is 2.71. The van der Waals surface area contributed by atoms with Gasteiger partial charge >= 0.3 is 0 Å². The lowest BCUT2D eigenvalue weighted by molar-refractivity contribution is 0.306. The molecule has 1 atom stereocenters. The van der Waals surface area contributed by atoms with Crippen LogP contribution in [0.5, 0.6) is 0 Å². The lowest BCUT2D eigenvalue weighted by Crippen LogP contribution is -2.25. The van der Waals surface area contributed by atoms with E-state index in [0.29, 0.717) is 0 Å². The number of nitrogens with zero attached hydrogens (tertiary/aromatic N) is 3. The second-order valence-corrected chi connectivity index (χ2v) is 3.96. The highest BCUT2D eigenvalue weighted by Crippen LogP contribution is 2.14. The SMILES string of the molecule is C[C@@H]1CCN(CCn2cccn2)C1. The van der Waals surface area contributed by atoms with E-state index < -0.39 is 0 Å². The molecule has 0 N–H and O–H groups in total. The van der Waals surface area contributed by atoms with Crippen LogP contribution in [-0.2, 0) is 6.54 Å². The van der Waals surface area contributed by atoms with Crippen molar-refractivity contribution in [3.63, 3.8) is 0 Å². The maximum absolute atomic E-state index is 4.19. The summed E-state index contributed by atoms with van der Waals surface area (Å²) in [5.41, 5.74) is 0. The summed E-state index contributed by atoms with van der Waals surface area (Å²) in [6.07, 6.45) is 5.23. The molecule has 2 heterocycles. The molecule has 1 aromatic rings. The Kier molecular flexibility index (Phi) is 2.64. The van der Waals surface area contributed by atoms with Crippen LogP contribution >= 0.6 is 0 Å². The second kappa shape index (κ2) is 3.92. The molecule has 1 aromatic heterocycles. The summed E-state index contributed by atoms with van der Waals surface area (Å²) in [7, 11) is 0. The van der Waals surface area contributed by atoms with Crippen molar-refractivity contribution in [1.29, 1.82) is 0 Å². The quantitative estimate of drug-likeness (QED) is 0.695. The van der Waals surface area contributed by atoms with E-state index in [1.165, 1.54) is 19.5 Å². The normalized spacial score (nSPS) is 23.9. The van der Waals surface area contributed by atoms with Crippen molar-refractivity contribution in [1.82, 2.24) is 14.7 Å². The highest BCUT2D eigenvalue weighted by molar-refractivity contribution is 4.78. The van der Waals surface area contributed by atoms with Gasteiger partial charge in [0.25, 0.3) is 0 Å². The molecule has 1 aliphatic rings. The molecule has 0 bridgehead atoms. The van der Waals surface area contributed by atoms with Gasteiger partial charge in [-0.3, -0.25) is 4.68 Å². The van der Waals surface area contributed by atoms with E-state index in [0.717, 1.165) is 19.0 Å². The zero-order chi connectivity index (χ0) is 9.10. The van der Waals surface area contributed by atoms with Gasteiger partial charge in [0.2, 0.25) is 0 Å². The molecule has 0 aliphatic carbocycles. The summed E-state index contributed by atoms with van der Waals surface area (Å²) in [4.78, 5) is 2.52. The summed E-state index contributed by atoms with van der Waals surface area (Å²) in [6.45, 7) is 7.03. The standard InChI is InChI=1S/C10H17N3/c1-10-3-6-12(9-10)7-8-13-5-2-4-11-13/h2,4-5,10H,3,6-9H2,1H3/t10-/m1/s1. The maximum Gasteiger partial charge on any atom is 0.0536 e. The van der Waals surface area contributed by atoms with Crippen molar-refractivity contribution in [2.75, 3.05) is 19.6 Å². The van der Waals surface area contributed by atoms with Crippen LogP contribution in [0.4, 0.5) is 0 Å². The fraction of sp³-hybridized carbons (Fsp3) is 0.700. The lowest BCUT2D eigenvalue weighted by atomic mass is 10.2. The van der Waals surface area contributed by atoms with Crippen molar-refractivity contribution >= 4 is 0 Å². The van der Waals surface area contributed by atoms with Crippen LogP contribution in [-0.4, -0.2) is 34.3 Å². The first-order valence-corrected chi connectivity index (χ1v) is 5.04. The number of aromatic nitrogens is 2. The topological polar surface area (TPSA) is 21.1 Å². The van der Waals surface area contributed by atoms with Crippen LogP contribution in [0.1, 0.15) is 13.3 Å². The minimum absolute atomic E-state index is 0.887. The number of hydrogen-bond donors (Lipinski definition) is 0. The molecule has 1 aliphatic heterocycles. The molecule has 1 saturated heterocycles. The largest absolute Gasteiger partial charge is 0.301 e. The molecular formula is C10H17N3. The van der Waals surface area contributed by atoms with Gasteiger partial charge < -0.3 is 4.90 Å². The molecule has 0 saturated carbocycles. The Balaban J connectivity index is 1.74. The zero-order valence-corrected chi connectivity index (χ0v) is 8.19. The molecular weight excluding hydrogens is 162 g/mol. The van der Waals surface area contributed by atoms with Crippen molar-refractivity contribution < 1.29 is 0 Å². The Morgan fingerprint density at radius 2 is 2.38 bits per heavy atom. The molecule has 1 fully saturated rings. The molecule has 3 nitrogen and oxygen atoms in total. The van der Waals surface area contributed by atoms with Gasteiger partial charge in [-0.05, 0) is 24.9 Å². The molecule has 0 spiro atoms. The van der Waals surface area contributed by atoms with Gasteiger partial charge in [-0.15, -0.1) is 0 Å². The highest BCUT2D eigenvalue weighted by atomic mass is 15.3. The van der Waals surface area contributed by atoms with Gasteiger partial charge in [0.15, 0.2) is 0 Å². The summed E-state index contributed by atoms with van der Waals surface area (Å²) < 4.78 is 2.00. The van der Waals surface area contributed by atoms with Crippen LogP contribution in [0.15, 0.2) is 18.5 Å². The van der Waals surface area contributed by atoms with Gasteiger partial charge in [-0.25, -0.2) is 0 Å². The van der Waals surface area contributed by atoms with E-state index >= 15 is 0 Å². The second-order valence-electron chi connectivity index (χ2n) is 3.96. The predicted octanol–water partition coefficient (Wildman–Crippen LogP) is 1.22. The Bertz CT molecular complexity index is 243. The third-order valence-corrected chi connectivity index (χ3v) is 2.71. The van der Waals surface area contributed by atoms with Crippen molar-refractivity contribution in [2.45, 2.75) is 19.9 Å². The first kappa shape index (κ1) is 8.75. The van der Waals surface area contributed by atoms with Crippen molar-refractivity contribution in [2.24, 2.45) is 5.92 Å². The smallest absolute Gasteiger partial charge is 0.0536 e. The van der Waals surface area contributed by atoms with Gasteiger partial charge in [0.1, 0.15) is 0 Å². The average Bonchev–Trinajstić information content (AvgIpc) is 2.71. The monoisotopic (exact) mass is 179 g/mol. The fourth-order valence-corrected chi connectivity index (χ4v) is 1.91.